The van der Waals surface area contributed by atoms with E-state index in [1.165, 1.54) is 24.7 Å². The van der Waals surface area contributed by atoms with Gasteiger partial charge in [-0.2, -0.15) is 0 Å². The molecule has 1 N–H and O–H groups in total. The number of carbonyl (C=O) groups excluding carboxylic acids is 1. The summed E-state index contributed by atoms with van der Waals surface area (Å²) in [5.41, 5.74) is 0.392. The van der Waals surface area contributed by atoms with Crippen molar-refractivity contribution < 1.29 is 17.9 Å². The summed E-state index contributed by atoms with van der Waals surface area (Å²) in [5.74, 6) is -0.981. The molecule has 1 fully saturated rings. The predicted molar refractivity (Wildman–Crippen MR) is 89.5 cm³/mol. The van der Waals surface area contributed by atoms with Gasteiger partial charge in [-0.1, -0.05) is 0 Å². The van der Waals surface area contributed by atoms with Crippen LogP contribution >= 0.6 is 0 Å². The Morgan fingerprint density at radius 2 is 2.04 bits per heavy atom. The SMILES string of the molecule is Cc1ccc(C(=O)N[C@H]2COC[C@H]2CS(=O)(=O)N(C)C)c(=O)n1C. The Balaban J connectivity index is 2.14. The molecule has 1 aliphatic rings. The highest BCUT2D eigenvalue weighted by Crippen LogP contribution is 2.17. The van der Waals surface area contributed by atoms with E-state index in [-0.39, 0.29) is 36.0 Å². The first-order chi connectivity index (χ1) is 11.1. The van der Waals surface area contributed by atoms with Crippen LogP contribution in [0.1, 0.15) is 16.1 Å². The van der Waals surface area contributed by atoms with Crippen LogP contribution in [0.5, 0.6) is 0 Å². The molecule has 24 heavy (non-hydrogen) atoms. The first-order valence-corrected chi connectivity index (χ1v) is 9.20. The highest BCUT2D eigenvalue weighted by Gasteiger charge is 2.34. The second-order valence-corrected chi connectivity index (χ2v) is 8.42. The maximum Gasteiger partial charge on any atom is 0.263 e. The quantitative estimate of drug-likeness (QED) is 0.754. The summed E-state index contributed by atoms with van der Waals surface area (Å²) >= 11 is 0. The summed E-state index contributed by atoms with van der Waals surface area (Å²) in [6.45, 7) is 2.26. The van der Waals surface area contributed by atoms with E-state index in [2.05, 4.69) is 5.32 Å². The third-order valence-corrected chi connectivity index (χ3v) is 6.26. The van der Waals surface area contributed by atoms with E-state index in [1.807, 2.05) is 0 Å². The molecule has 0 aliphatic carbocycles. The van der Waals surface area contributed by atoms with Crippen LogP contribution in [-0.2, 0) is 21.8 Å². The Labute approximate surface area is 141 Å². The van der Waals surface area contributed by atoms with Crippen molar-refractivity contribution in [2.75, 3.05) is 33.1 Å². The lowest BCUT2D eigenvalue weighted by Crippen LogP contribution is -2.45. The number of rotatable bonds is 5. The number of pyridine rings is 1. The Hall–Kier alpha value is -1.71. The van der Waals surface area contributed by atoms with Crippen LogP contribution in [-0.4, -0.2) is 62.3 Å². The van der Waals surface area contributed by atoms with E-state index in [4.69, 9.17) is 4.74 Å². The number of hydrogen-bond donors (Lipinski definition) is 1. The molecule has 8 nitrogen and oxygen atoms in total. The fraction of sp³-hybridized carbons (Fsp3) is 0.600. The summed E-state index contributed by atoms with van der Waals surface area (Å²) in [7, 11) is 1.13. The minimum Gasteiger partial charge on any atom is -0.379 e. The summed E-state index contributed by atoms with van der Waals surface area (Å²) in [6.07, 6.45) is 0. The van der Waals surface area contributed by atoms with Crippen molar-refractivity contribution >= 4 is 15.9 Å². The first-order valence-electron chi connectivity index (χ1n) is 7.59. The zero-order valence-electron chi connectivity index (χ0n) is 14.3. The molecule has 2 atom stereocenters. The van der Waals surface area contributed by atoms with Crippen LogP contribution in [0.4, 0.5) is 0 Å². The number of nitrogens with one attached hydrogen (secondary N) is 1. The largest absolute Gasteiger partial charge is 0.379 e. The smallest absolute Gasteiger partial charge is 0.263 e. The Morgan fingerprint density at radius 1 is 1.38 bits per heavy atom. The minimum atomic E-state index is -3.40. The number of nitrogens with zero attached hydrogens (tertiary/aromatic N) is 2. The number of hydrogen-bond acceptors (Lipinski definition) is 5. The van der Waals surface area contributed by atoms with Crippen molar-refractivity contribution in [1.29, 1.82) is 0 Å². The van der Waals surface area contributed by atoms with Gasteiger partial charge in [0.25, 0.3) is 11.5 Å². The van der Waals surface area contributed by atoms with Gasteiger partial charge < -0.3 is 14.6 Å². The molecule has 1 saturated heterocycles. The van der Waals surface area contributed by atoms with Crippen molar-refractivity contribution in [3.63, 3.8) is 0 Å². The van der Waals surface area contributed by atoms with Gasteiger partial charge in [-0.05, 0) is 19.1 Å². The molecule has 9 heteroatoms. The van der Waals surface area contributed by atoms with E-state index in [1.54, 1.807) is 20.0 Å². The Morgan fingerprint density at radius 3 is 2.67 bits per heavy atom. The van der Waals surface area contributed by atoms with Gasteiger partial charge in [0.1, 0.15) is 5.56 Å². The van der Waals surface area contributed by atoms with Gasteiger partial charge in [0.15, 0.2) is 0 Å². The lowest BCUT2D eigenvalue weighted by atomic mass is 10.1. The van der Waals surface area contributed by atoms with Gasteiger partial charge in [-0.15, -0.1) is 0 Å². The van der Waals surface area contributed by atoms with E-state index >= 15 is 0 Å². The number of carbonyl (C=O) groups is 1. The fourth-order valence-electron chi connectivity index (χ4n) is 2.49. The van der Waals surface area contributed by atoms with Crippen LogP contribution in [0.15, 0.2) is 16.9 Å². The average Bonchev–Trinajstić information content (AvgIpc) is 2.91. The molecule has 1 amide bonds. The molecular formula is C15H23N3O5S. The molecule has 0 aromatic carbocycles. The number of aromatic nitrogens is 1. The Bertz CT molecular complexity index is 785. The molecular weight excluding hydrogens is 334 g/mol. The number of aryl methyl sites for hydroxylation is 1. The highest BCUT2D eigenvalue weighted by atomic mass is 32.2. The van der Waals surface area contributed by atoms with Crippen LogP contribution in [0.3, 0.4) is 0 Å². The molecule has 0 radical (unpaired) electrons. The van der Waals surface area contributed by atoms with Crippen LogP contribution in [0.2, 0.25) is 0 Å². The van der Waals surface area contributed by atoms with Gasteiger partial charge in [0, 0.05) is 32.8 Å². The van der Waals surface area contributed by atoms with Crippen molar-refractivity contribution in [3.8, 4) is 0 Å². The van der Waals surface area contributed by atoms with Crippen LogP contribution in [0.25, 0.3) is 0 Å². The summed E-state index contributed by atoms with van der Waals surface area (Å²) < 4.78 is 31.9. The number of ether oxygens (including phenoxy) is 1. The summed E-state index contributed by atoms with van der Waals surface area (Å²) in [4.78, 5) is 24.6. The van der Waals surface area contributed by atoms with Crippen molar-refractivity contribution in [3.05, 3.63) is 33.7 Å². The van der Waals surface area contributed by atoms with E-state index in [0.29, 0.717) is 0 Å². The van der Waals surface area contributed by atoms with E-state index in [0.717, 1.165) is 10.00 Å². The standard InChI is InChI=1S/C15H23N3O5S/c1-10-5-6-12(15(20)18(10)4)14(19)16-13-8-23-7-11(13)9-24(21,22)17(2)3/h5-6,11,13H,7-9H2,1-4H3,(H,16,19)/t11-,13-/m0/s1. The van der Waals surface area contributed by atoms with Crippen LogP contribution in [0, 0.1) is 12.8 Å². The summed E-state index contributed by atoms with van der Waals surface area (Å²) in [5, 5.41) is 2.73. The molecule has 0 spiro atoms. The topological polar surface area (TPSA) is 97.7 Å². The van der Waals surface area contributed by atoms with Crippen LogP contribution < -0.4 is 10.9 Å². The average molecular weight is 357 g/mol. The molecule has 2 rings (SSSR count). The minimum absolute atomic E-state index is 0.0317. The fourth-order valence-corrected chi connectivity index (χ4v) is 3.66. The van der Waals surface area contributed by atoms with Gasteiger partial charge in [0.05, 0.1) is 25.0 Å². The zero-order valence-corrected chi connectivity index (χ0v) is 15.1. The second kappa shape index (κ2) is 7.04. The van der Waals surface area contributed by atoms with Gasteiger partial charge >= 0.3 is 0 Å². The maximum atomic E-state index is 12.4. The molecule has 2 heterocycles. The number of sulfonamides is 1. The molecule has 1 aromatic heterocycles. The van der Waals surface area contributed by atoms with Crippen molar-refractivity contribution in [2.45, 2.75) is 13.0 Å². The lowest BCUT2D eigenvalue weighted by molar-refractivity contribution is 0.0924. The molecule has 0 unspecified atom stereocenters. The van der Waals surface area contributed by atoms with Gasteiger partial charge in [-0.3, -0.25) is 9.59 Å². The molecule has 0 saturated carbocycles. The van der Waals surface area contributed by atoms with E-state index in [9.17, 15) is 18.0 Å². The third-order valence-electron chi connectivity index (χ3n) is 4.30. The van der Waals surface area contributed by atoms with Gasteiger partial charge in [-0.25, -0.2) is 12.7 Å². The highest BCUT2D eigenvalue weighted by molar-refractivity contribution is 7.89. The number of amides is 1. The first kappa shape index (κ1) is 18.6. The summed E-state index contributed by atoms with van der Waals surface area (Å²) in [6, 6.07) is 2.72. The second-order valence-electron chi connectivity index (χ2n) is 6.19. The Kier molecular flexibility index (Phi) is 5.46. The van der Waals surface area contributed by atoms with E-state index < -0.39 is 22.0 Å². The third kappa shape index (κ3) is 3.85. The monoisotopic (exact) mass is 357 g/mol. The van der Waals surface area contributed by atoms with Crippen molar-refractivity contribution in [2.24, 2.45) is 13.0 Å². The van der Waals surface area contributed by atoms with Crippen molar-refractivity contribution in [1.82, 2.24) is 14.2 Å². The molecule has 1 aliphatic heterocycles. The maximum absolute atomic E-state index is 12.4. The normalized spacial score (nSPS) is 21.2. The molecule has 134 valence electrons. The zero-order chi connectivity index (χ0) is 18.1. The molecule has 1 aromatic rings. The molecule has 0 bridgehead atoms. The predicted octanol–water partition coefficient (Wildman–Crippen LogP) is -0.670. The lowest BCUT2D eigenvalue weighted by Gasteiger charge is -2.21. The van der Waals surface area contributed by atoms with Gasteiger partial charge in [0.2, 0.25) is 10.0 Å².